The number of ether oxygens (including phenoxy) is 1. The highest BCUT2D eigenvalue weighted by atomic mass is 28.4. The number of hydrogen-bond acceptors (Lipinski definition) is 8. The highest BCUT2D eigenvalue weighted by Crippen LogP contribution is 2.60. The van der Waals surface area contributed by atoms with Gasteiger partial charge in [-0.1, -0.05) is 54.6 Å². The molecule has 0 bridgehead atoms. The average molecular weight is 749 g/mol. The second-order valence-corrected chi connectivity index (χ2v) is 19.7. The fourth-order valence-electron chi connectivity index (χ4n) is 9.40. The first-order valence-electron chi connectivity index (χ1n) is 19.1. The van der Waals surface area contributed by atoms with Gasteiger partial charge >= 0.3 is 0 Å². The molecule has 2 N–H and O–H groups in total. The van der Waals surface area contributed by atoms with Crippen LogP contribution in [0.4, 0.5) is 17.1 Å². The number of benzene rings is 3. The van der Waals surface area contributed by atoms with E-state index in [1.165, 1.54) is 0 Å². The molecule has 282 valence electrons. The van der Waals surface area contributed by atoms with Crippen molar-refractivity contribution in [1.82, 2.24) is 15.0 Å². The van der Waals surface area contributed by atoms with Crippen LogP contribution in [0, 0.1) is 5.92 Å². The molecule has 8 rings (SSSR count). The molecular formula is C41H48N6O6Si. The lowest BCUT2D eigenvalue weighted by Gasteiger charge is -2.32. The number of aryl methyl sites for hydroxylation is 1. The SMILES string of the molecule is C[C@H]1[C@H]([Si](C)(C)O)[C@@H](CCn2cc(C(CO)c3ccccc3)nn2)O[C@]12C(=O)N(Cc1cccc(N3CCCC3=O)c1)c1ccc(N3CCCC3=O)cc12. The Bertz CT molecular complexity index is 2070. The van der Waals surface area contributed by atoms with Gasteiger partial charge in [-0.05, 0) is 73.8 Å². The Morgan fingerprint density at radius 3 is 2.28 bits per heavy atom. The highest BCUT2D eigenvalue weighted by Gasteiger charge is 2.66. The molecule has 1 unspecified atom stereocenters. The smallest absolute Gasteiger partial charge is 0.264 e. The van der Waals surface area contributed by atoms with Gasteiger partial charge in [-0.15, -0.1) is 5.10 Å². The Kier molecular flexibility index (Phi) is 9.53. The van der Waals surface area contributed by atoms with E-state index < -0.39 is 20.0 Å². The lowest BCUT2D eigenvalue weighted by molar-refractivity contribution is -0.146. The number of amides is 3. The molecule has 0 saturated carbocycles. The fourth-order valence-corrected chi connectivity index (χ4v) is 12.0. The van der Waals surface area contributed by atoms with Crippen molar-refractivity contribution in [3.8, 4) is 0 Å². The van der Waals surface area contributed by atoms with Crippen LogP contribution in [0.25, 0.3) is 0 Å². The molecule has 3 aromatic carbocycles. The number of carbonyl (C=O) groups excluding carboxylic acids is 3. The summed E-state index contributed by atoms with van der Waals surface area (Å²) < 4.78 is 8.87. The van der Waals surface area contributed by atoms with Crippen LogP contribution in [0.3, 0.4) is 0 Å². The molecule has 4 aliphatic rings. The summed E-state index contributed by atoms with van der Waals surface area (Å²) >= 11 is 0. The Morgan fingerprint density at radius 1 is 0.926 bits per heavy atom. The standard InChI is InChI=1S/C41H48N6O6Si/c1-27-39(54(2,3)52)36(18-21-44-25-34(42-43-44)32(26-48)29-11-5-4-6-12-29)53-41(27)33-23-31(46-20-9-15-38(46)50)16-17-35(33)47(40(41)51)24-28-10-7-13-30(22-28)45-19-8-14-37(45)49/h4-7,10-13,16-17,22-23,25,27,32,36,39,48,52H,8-9,14-15,18-21,24,26H2,1-3H3/t27-,32?,36+,39-,41+/m0/s1. The molecular weight excluding hydrogens is 701 g/mol. The molecule has 1 aromatic heterocycles. The Hall–Kier alpha value is -4.69. The maximum absolute atomic E-state index is 15.2. The van der Waals surface area contributed by atoms with Crippen molar-refractivity contribution in [1.29, 1.82) is 0 Å². The zero-order valence-corrected chi connectivity index (χ0v) is 32.1. The minimum atomic E-state index is -2.95. The predicted molar refractivity (Wildman–Crippen MR) is 206 cm³/mol. The molecule has 4 aromatic rings. The number of aliphatic hydroxyl groups is 1. The molecule has 3 saturated heterocycles. The van der Waals surface area contributed by atoms with E-state index in [-0.39, 0.29) is 48.3 Å². The molecule has 12 nitrogen and oxygen atoms in total. The molecule has 54 heavy (non-hydrogen) atoms. The molecule has 1 spiro atoms. The largest absolute Gasteiger partial charge is 0.432 e. The van der Waals surface area contributed by atoms with Gasteiger partial charge in [0.1, 0.15) is 0 Å². The Morgan fingerprint density at radius 2 is 1.63 bits per heavy atom. The summed E-state index contributed by atoms with van der Waals surface area (Å²) in [7, 11) is -2.95. The first-order valence-corrected chi connectivity index (χ1v) is 22.1. The zero-order chi connectivity index (χ0) is 37.8. The van der Waals surface area contributed by atoms with Gasteiger partial charge in [0.25, 0.3) is 5.91 Å². The third-order valence-electron chi connectivity index (χ3n) is 11.9. The third kappa shape index (κ3) is 6.26. The summed E-state index contributed by atoms with van der Waals surface area (Å²) in [4.78, 5) is 57.9. The number of aliphatic hydroxyl groups excluding tert-OH is 1. The lowest BCUT2D eigenvalue weighted by atomic mass is 9.82. The molecule has 0 radical (unpaired) electrons. The number of carbonyl (C=O) groups is 3. The second kappa shape index (κ2) is 14.2. The Labute approximate surface area is 316 Å². The van der Waals surface area contributed by atoms with E-state index in [9.17, 15) is 19.5 Å². The Balaban J connectivity index is 1.13. The van der Waals surface area contributed by atoms with Crippen molar-refractivity contribution in [2.24, 2.45) is 5.92 Å². The third-order valence-corrected chi connectivity index (χ3v) is 14.4. The average Bonchev–Trinajstić information content (AvgIpc) is 3.99. The van der Waals surface area contributed by atoms with Crippen LogP contribution in [0.5, 0.6) is 0 Å². The maximum atomic E-state index is 15.2. The van der Waals surface area contributed by atoms with Crippen molar-refractivity contribution >= 4 is 43.1 Å². The van der Waals surface area contributed by atoms with Crippen molar-refractivity contribution in [3.05, 3.63) is 101 Å². The first kappa shape index (κ1) is 36.3. The van der Waals surface area contributed by atoms with Gasteiger partial charge in [-0.25, -0.2) is 0 Å². The summed E-state index contributed by atoms with van der Waals surface area (Å²) in [6, 6.07) is 23.3. The monoisotopic (exact) mass is 748 g/mol. The topological polar surface area (TPSA) is 141 Å². The van der Waals surface area contributed by atoms with Crippen LogP contribution in [0.15, 0.2) is 79.0 Å². The number of rotatable bonds is 11. The minimum Gasteiger partial charge on any atom is -0.432 e. The highest BCUT2D eigenvalue weighted by molar-refractivity contribution is 6.71. The zero-order valence-electron chi connectivity index (χ0n) is 31.1. The van der Waals surface area contributed by atoms with Gasteiger partial charge in [0.15, 0.2) is 13.9 Å². The number of hydrogen-bond donors (Lipinski definition) is 2. The molecule has 3 amide bonds. The van der Waals surface area contributed by atoms with E-state index in [1.807, 2.05) is 99.0 Å². The molecule has 5 heterocycles. The van der Waals surface area contributed by atoms with Gasteiger partial charge in [0.05, 0.1) is 36.6 Å². The fraction of sp³-hybridized carbons (Fsp3) is 0.439. The van der Waals surface area contributed by atoms with Crippen LogP contribution < -0.4 is 14.7 Å². The van der Waals surface area contributed by atoms with Gasteiger partial charge < -0.3 is 29.3 Å². The number of fused-ring (bicyclic) bond motifs is 2. The van der Waals surface area contributed by atoms with E-state index in [1.54, 1.807) is 19.4 Å². The maximum Gasteiger partial charge on any atom is 0.264 e. The van der Waals surface area contributed by atoms with E-state index in [4.69, 9.17) is 4.74 Å². The summed E-state index contributed by atoms with van der Waals surface area (Å²) in [5.74, 6) is -0.729. The van der Waals surface area contributed by atoms with Gasteiger partial charge in [-0.2, -0.15) is 0 Å². The van der Waals surface area contributed by atoms with Gasteiger partial charge in [-0.3, -0.25) is 19.1 Å². The van der Waals surface area contributed by atoms with Crippen molar-refractivity contribution < 1.29 is 29.0 Å². The lowest BCUT2D eigenvalue weighted by Crippen LogP contribution is -2.46. The van der Waals surface area contributed by atoms with E-state index in [0.29, 0.717) is 50.2 Å². The normalized spacial score (nSPS) is 24.7. The molecule has 0 aliphatic carbocycles. The summed E-state index contributed by atoms with van der Waals surface area (Å²) in [6.45, 7) is 7.73. The van der Waals surface area contributed by atoms with Crippen LogP contribution in [0.2, 0.25) is 18.6 Å². The molecule has 13 heteroatoms. The van der Waals surface area contributed by atoms with Crippen LogP contribution in [0.1, 0.15) is 67.3 Å². The molecule has 5 atom stereocenters. The van der Waals surface area contributed by atoms with Crippen LogP contribution >= 0.6 is 0 Å². The van der Waals surface area contributed by atoms with Crippen LogP contribution in [-0.4, -0.2) is 76.7 Å². The summed E-state index contributed by atoms with van der Waals surface area (Å²) in [5, 5.41) is 19.0. The first-order chi connectivity index (χ1) is 26.0. The molecule has 4 aliphatic heterocycles. The molecule has 3 fully saturated rings. The van der Waals surface area contributed by atoms with Crippen molar-refractivity contribution in [3.63, 3.8) is 0 Å². The summed E-state index contributed by atoms with van der Waals surface area (Å²) in [5.41, 5.74) is 3.80. The van der Waals surface area contributed by atoms with E-state index in [2.05, 4.69) is 10.3 Å². The number of aromatic nitrogens is 3. The van der Waals surface area contributed by atoms with Crippen molar-refractivity contribution in [2.45, 2.75) is 88.4 Å². The second-order valence-electron chi connectivity index (χ2n) is 15.8. The number of nitrogens with zero attached hydrogens (tertiary/aromatic N) is 6. The van der Waals surface area contributed by atoms with Crippen LogP contribution in [-0.2, 0) is 37.8 Å². The quantitative estimate of drug-likeness (QED) is 0.202. The van der Waals surface area contributed by atoms with E-state index >= 15 is 4.79 Å². The minimum absolute atomic E-state index is 0.0568. The number of anilines is 3. The van der Waals surface area contributed by atoms with E-state index in [0.717, 1.165) is 41.0 Å². The van der Waals surface area contributed by atoms with Gasteiger partial charge in [0, 0.05) is 67.1 Å². The summed E-state index contributed by atoms with van der Waals surface area (Å²) in [6.07, 6.45) is 4.47. The predicted octanol–water partition coefficient (Wildman–Crippen LogP) is 5.09. The van der Waals surface area contributed by atoms with Crippen molar-refractivity contribution in [2.75, 3.05) is 34.4 Å². The van der Waals surface area contributed by atoms with Gasteiger partial charge in [0.2, 0.25) is 11.8 Å².